The number of nitrogens with zero attached hydrogens (tertiary/aromatic N) is 2. The van der Waals surface area contributed by atoms with Gasteiger partial charge < -0.3 is 14.8 Å². The molecule has 2 aromatic heterocycles. The van der Waals surface area contributed by atoms with E-state index in [1.165, 1.54) is 4.88 Å². The molecule has 0 fully saturated rings. The van der Waals surface area contributed by atoms with Gasteiger partial charge in [0.05, 0.1) is 23.4 Å². The van der Waals surface area contributed by atoms with Gasteiger partial charge in [-0.3, -0.25) is 5.32 Å². The Bertz CT molecular complexity index is 1200. The van der Waals surface area contributed by atoms with Crippen LogP contribution in [-0.4, -0.2) is 28.8 Å². The first-order valence-corrected chi connectivity index (χ1v) is 14.5. The Labute approximate surface area is 235 Å². The Kier molecular flexibility index (Phi) is 11.7. The number of unbranched alkanes of at least 4 members (excludes halogenated alkanes) is 2. The number of rotatable bonds is 14. The normalized spacial score (nSPS) is 11.0. The third-order valence-electron chi connectivity index (χ3n) is 5.74. The first kappa shape index (κ1) is 29.7. The Morgan fingerprint density at radius 1 is 1.08 bits per heavy atom. The fraction of sp³-hybridized carbons (Fsp3) is 0.483. The van der Waals surface area contributed by atoms with E-state index in [9.17, 15) is 4.79 Å². The molecule has 3 rings (SSSR count). The van der Waals surface area contributed by atoms with Crippen molar-refractivity contribution in [2.24, 2.45) is 0 Å². The van der Waals surface area contributed by atoms with Crippen molar-refractivity contribution in [2.45, 2.75) is 85.8 Å². The molecule has 0 unspecified atom stereocenters. The maximum Gasteiger partial charge on any atom is 0.411 e. The van der Waals surface area contributed by atoms with E-state index in [1.807, 2.05) is 24.3 Å². The van der Waals surface area contributed by atoms with Crippen LogP contribution in [0.1, 0.15) is 73.8 Å². The van der Waals surface area contributed by atoms with Crippen LogP contribution in [-0.2, 0) is 30.5 Å². The van der Waals surface area contributed by atoms with Crippen molar-refractivity contribution in [1.29, 1.82) is 0 Å². The van der Waals surface area contributed by atoms with Crippen LogP contribution in [0.5, 0.6) is 5.75 Å². The summed E-state index contributed by atoms with van der Waals surface area (Å²) in [4.78, 5) is 22.9. The monoisotopic (exact) mass is 558 g/mol. The van der Waals surface area contributed by atoms with Gasteiger partial charge in [0.15, 0.2) is 0 Å². The number of pyridine rings is 1. The molecule has 0 spiro atoms. The summed E-state index contributed by atoms with van der Waals surface area (Å²) in [6.45, 7) is 11.2. The largest absolute Gasteiger partial charge is 0.493 e. The van der Waals surface area contributed by atoms with Gasteiger partial charge in [-0.1, -0.05) is 38.3 Å². The van der Waals surface area contributed by atoms with Crippen molar-refractivity contribution < 1.29 is 14.3 Å². The van der Waals surface area contributed by atoms with E-state index >= 15 is 0 Å². The fourth-order valence-corrected chi connectivity index (χ4v) is 5.21. The molecular weight excluding hydrogens is 520 g/mol. The molecule has 0 atom stereocenters. The molecular formula is C29H39ClN4O3S. The van der Waals surface area contributed by atoms with Crippen molar-refractivity contribution in [1.82, 2.24) is 9.97 Å². The summed E-state index contributed by atoms with van der Waals surface area (Å²) in [5, 5.41) is 7.79. The lowest BCUT2D eigenvalue weighted by molar-refractivity contribution is 0.130. The number of aromatic nitrogens is 2. The number of ether oxygens (including phenoxy) is 2. The zero-order valence-electron chi connectivity index (χ0n) is 23.0. The number of halogens is 1. The molecule has 206 valence electrons. The number of carbonyl (C=O) groups excluding carboxylic acids is 1. The summed E-state index contributed by atoms with van der Waals surface area (Å²) in [6.07, 6.45) is 5.22. The van der Waals surface area contributed by atoms with Gasteiger partial charge in [-0.25, -0.2) is 14.8 Å². The molecule has 0 bridgehead atoms. The van der Waals surface area contributed by atoms with Crippen LogP contribution in [0.3, 0.4) is 0 Å². The van der Waals surface area contributed by atoms with Crippen LogP contribution < -0.4 is 15.4 Å². The molecule has 0 saturated heterocycles. The summed E-state index contributed by atoms with van der Waals surface area (Å²) >= 11 is 8.10. The molecule has 7 nitrogen and oxygen atoms in total. The molecule has 0 aliphatic rings. The fourth-order valence-electron chi connectivity index (χ4n) is 3.94. The lowest BCUT2D eigenvalue weighted by Crippen LogP contribution is -2.18. The van der Waals surface area contributed by atoms with Crippen LogP contribution in [0, 0.1) is 6.92 Å². The predicted octanol–water partition coefficient (Wildman–Crippen LogP) is 7.99. The number of benzene rings is 1. The first-order valence-electron chi connectivity index (χ1n) is 13.4. The van der Waals surface area contributed by atoms with Crippen LogP contribution in [0.25, 0.3) is 0 Å². The summed E-state index contributed by atoms with van der Waals surface area (Å²) in [5.74, 6) is 1.54. The number of hydrogen-bond acceptors (Lipinski definition) is 7. The molecule has 0 aliphatic carbocycles. The second-order valence-electron chi connectivity index (χ2n) is 9.49. The van der Waals surface area contributed by atoms with E-state index in [4.69, 9.17) is 31.0 Å². The SMILES string of the molecule is CCCCCOc1cc(CCc2nc(C)c(CC)s2)nc(NCc2cc(Cl)cc(NC(=O)OC(C)C)c2)c1. The van der Waals surface area contributed by atoms with E-state index in [2.05, 4.69) is 31.4 Å². The molecule has 2 N–H and O–H groups in total. The Hall–Kier alpha value is -2.84. The van der Waals surface area contributed by atoms with Crippen LogP contribution in [0.15, 0.2) is 30.3 Å². The summed E-state index contributed by atoms with van der Waals surface area (Å²) < 4.78 is 11.2. The molecule has 3 aromatic rings. The van der Waals surface area contributed by atoms with Gasteiger partial charge >= 0.3 is 6.09 Å². The maximum atomic E-state index is 12.0. The lowest BCUT2D eigenvalue weighted by atomic mass is 10.2. The number of amides is 1. The first-order chi connectivity index (χ1) is 18.2. The van der Waals surface area contributed by atoms with Crippen LogP contribution in [0.2, 0.25) is 5.02 Å². The van der Waals surface area contributed by atoms with Crippen molar-refractivity contribution >= 4 is 40.5 Å². The van der Waals surface area contributed by atoms with Crippen molar-refractivity contribution in [3.63, 3.8) is 0 Å². The van der Waals surface area contributed by atoms with E-state index in [1.54, 1.807) is 31.3 Å². The second-order valence-corrected chi connectivity index (χ2v) is 11.1. The number of hydrogen-bond donors (Lipinski definition) is 2. The highest BCUT2D eigenvalue weighted by Gasteiger charge is 2.11. The van der Waals surface area contributed by atoms with Gasteiger partial charge in [0.2, 0.25) is 0 Å². The molecule has 38 heavy (non-hydrogen) atoms. The van der Waals surface area contributed by atoms with E-state index < -0.39 is 6.09 Å². The van der Waals surface area contributed by atoms with E-state index in [0.717, 1.165) is 72.1 Å². The molecule has 2 heterocycles. The van der Waals surface area contributed by atoms with E-state index in [-0.39, 0.29) is 6.10 Å². The van der Waals surface area contributed by atoms with Crippen molar-refractivity contribution in [3.05, 3.63) is 62.2 Å². The van der Waals surface area contributed by atoms with Gasteiger partial charge in [0.1, 0.15) is 11.6 Å². The van der Waals surface area contributed by atoms with Gasteiger partial charge in [0.25, 0.3) is 0 Å². The molecule has 1 amide bonds. The molecule has 1 aromatic carbocycles. The highest BCUT2D eigenvalue weighted by Crippen LogP contribution is 2.24. The minimum atomic E-state index is -0.512. The minimum Gasteiger partial charge on any atom is -0.493 e. The maximum absolute atomic E-state index is 12.0. The quantitative estimate of drug-likeness (QED) is 0.195. The summed E-state index contributed by atoms with van der Waals surface area (Å²) in [7, 11) is 0. The average molecular weight is 559 g/mol. The molecule has 0 aliphatic heterocycles. The Balaban J connectivity index is 1.71. The topological polar surface area (TPSA) is 85.4 Å². The van der Waals surface area contributed by atoms with Crippen molar-refractivity contribution in [3.8, 4) is 5.75 Å². The van der Waals surface area contributed by atoms with E-state index in [0.29, 0.717) is 23.9 Å². The second kappa shape index (κ2) is 14.9. The van der Waals surface area contributed by atoms with Crippen LogP contribution in [0.4, 0.5) is 16.3 Å². The Morgan fingerprint density at radius 2 is 1.89 bits per heavy atom. The molecule has 0 saturated carbocycles. The standard InChI is InChI=1S/C29H39ClN4O3S/c1-6-8-9-12-36-25-16-23(10-11-28-32-20(5)26(7-2)38-28)33-27(17-25)31-18-21-13-22(30)15-24(14-21)34-29(35)37-19(3)4/h13-17,19H,6-12,18H2,1-5H3,(H,31,33)(H,34,35). The number of thiazole rings is 1. The zero-order chi connectivity index (χ0) is 27.5. The van der Waals surface area contributed by atoms with Gasteiger partial charge in [-0.05, 0) is 63.8 Å². The summed E-state index contributed by atoms with van der Waals surface area (Å²) in [6, 6.07) is 9.37. The predicted molar refractivity (Wildman–Crippen MR) is 157 cm³/mol. The lowest BCUT2D eigenvalue weighted by Gasteiger charge is -2.13. The number of aryl methyl sites for hydroxylation is 4. The van der Waals surface area contributed by atoms with Crippen molar-refractivity contribution in [2.75, 3.05) is 17.2 Å². The van der Waals surface area contributed by atoms with Gasteiger partial charge in [-0.15, -0.1) is 11.3 Å². The van der Waals surface area contributed by atoms with Gasteiger partial charge in [0, 0.05) is 46.4 Å². The van der Waals surface area contributed by atoms with Crippen LogP contribution >= 0.6 is 22.9 Å². The average Bonchev–Trinajstić information content (AvgIpc) is 3.22. The number of carbonyl (C=O) groups is 1. The Morgan fingerprint density at radius 3 is 2.61 bits per heavy atom. The number of anilines is 2. The minimum absolute atomic E-state index is 0.208. The molecule has 9 heteroatoms. The summed E-state index contributed by atoms with van der Waals surface area (Å²) in [5.41, 5.74) is 3.56. The highest BCUT2D eigenvalue weighted by molar-refractivity contribution is 7.11. The highest BCUT2D eigenvalue weighted by atomic mass is 35.5. The van der Waals surface area contributed by atoms with Gasteiger partial charge in [-0.2, -0.15) is 0 Å². The molecule has 0 radical (unpaired) electrons. The smallest absolute Gasteiger partial charge is 0.411 e. The number of nitrogens with one attached hydrogen (secondary N) is 2. The third-order valence-corrected chi connectivity index (χ3v) is 7.32. The zero-order valence-corrected chi connectivity index (χ0v) is 24.6. The third kappa shape index (κ3) is 9.80.